The third-order valence-corrected chi connectivity index (χ3v) is 7.21. The first kappa shape index (κ1) is 23.6. The van der Waals surface area contributed by atoms with Crippen molar-refractivity contribution in [3.63, 3.8) is 0 Å². The molecule has 3 heterocycles. The zero-order valence-electron chi connectivity index (χ0n) is 21.0. The summed E-state index contributed by atoms with van der Waals surface area (Å²) in [7, 11) is 3.25. The third-order valence-electron chi connectivity index (χ3n) is 6.25. The zero-order valence-corrected chi connectivity index (χ0v) is 21.8. The van der Waals surface area contributed by atoms with Gasteiger partial charge in [0.25, 0.3) is 5.56 Å². The zero-order chi connectivity index (χ0) is 26.2. The summed E-state index contributed by atoms with van der Waals surface area (Å²) in [5.74, 6) is 1.90. The summed E-state index contributed by atoms with van der Waals surface area (Å²) in [6.45, 7) is 1.99. The molecule has 188 valence electrons. The molecule has 6 rings (SSSR count). The van der Waals surface area contributed by atoms with Gasteiger partial charge in [-0.25, -0.2) is 4.68 Å². The van der Waals surface area contributed by atoms with Gasteiger partial charge in [0.15, 0.2) is 5.82 Å². The fourth-order valence-electron chi connectivity index (χ4n) is 4.37. The molecule has 0 saturated carbocycles. The highest BCUT2D eigenvalue weighted by atomic mass is 32.1. The van der Waals surface area contributed by atoms with E-state index in [9.17, 15) is 4.79 Å². The second kappa shape index (κ2) is 9.60. The Bertz CT molecular complexity index is 1890. The monoisotopic (exact) mass is 521 g/mol. The van der Waals surface area contributed by atoms with E-state index in [4.69, 9.17) is 14.6 Å². The quantitative estimate of drug-likeness (QED) is 0.320. The van der Waals surface area contributed by atoms with Gasteiger partial charge >= 0.3 is 0 Å². The van der Waals surface area contributed by atoms with E-state index in [1.54, 1.807) is 14.2 Å². The van der Waals surface area contributed by atoms with Crippen molar-refractivity contribution in [2.75, 3.05) is 14.2 Å². The topological polar surface area (TPSA) is 83.5 Å². The van der Waals surface area contributed by atoms with Crippen LogP contribution in [0.3, 0.4) is 0 Å². The Labute approximate surface area is 222 Å². The van der Waals surface area contributed by atoms with Gasteiger partial charge < -0.3 is 9.47 Å². The first-order valence-electron chi connectivity index (χ1n) is 11.9. The molecule has 0 aliphatic rings. The van der Waals surface area contributed by atoms with E-state index in [0.717, 1.165) is 39.4 Å². The molecule has 0 radical (unpaired) electrons. The van der Waals surface area contributed by atoms with Crippen LogP contribution in [0.15, 0.2) is 83.8 Å². The van der Waals surface area contributed by atoms with Gasteiger partial charge in [-0.3, -0.25) is 4.79 Å². The van der Waals surface area contributed by atoms with E-state index in [2.05, 4.69) is 10.1 Å². The molecule has 0 aliphatic heterocycles. The van der Waals surface area contributed by atoms with Crippen LogP contribution >= 0.6 is 11.3 Å². The van der Waals surface area contributed by atoms with Gasteiger partial charge in [0.2, 0.25) is 4.96 Å². The summed E-state index contributed by atoms with van der Waals surface area (Å²) in [5.41, 5.74) is 4.91. The lowest BCUT2D eigenvalue weighted by Gasteiger charge is -2.06. The van der Waals surface area contributed by atoms with E-state index in [0.29, 0.717) is 21.1 Å². The molecule has 3 aromatic heterocycles. The van der Waals surface area contributed by atoms with Crippen LogP contribution in [-0.2, 0) is 0 Å². The van der Waals surface area contributed by atoms with Crippen molar-refractivity contribution < 1.29 is 9.47 Å². The molecule has 0 unspecified atom stereocenters. The second-order valence-corrected chi connectivity index (χ2v) is 9.65. The van der Waals surface area contributed by atoms with Gasteiger partial charge in [0, 0.05) is 17.3 Å². The van der Waals surface area contributed by atoms with E-state index in [1.165, 1.54) is 15.9 Å². The first-order valence-corrected chi connectivity index (χ1v) is 12.7. The highest BCUT2D eigenvalue weighted by Gasteiger charge is 2.17. The van der Waals surface area contributed by atoms with E-state index in [-0.39, 0.29) is 5.56 Å². The molecule has 0 spiro atoms. The van der Waals surface area contributed by atoms with Crippen LogP contribution in [0.1, 0.15) is 11.1 Å². The lowest BCUT2D eigenvalue weighted by atomic mass is 10.0. The van der Waals surface area contributed by atoms with Crippen LogP contribution in [0.25, 0.3) is 39.4 Å². The predicted molar refractivity (Wildman–Crippen MR) is 148 cm³/mol. The van der Waals surface area contributed by atoms with Crippen molar-refractivity contribution in [3.05, 3.63) is 105 Å². The van der Waals surface area contributed by atoms with Crippen molar-refractivity contribution in [2.24, 2.45) is 0 Å². The molecule has 6 aromatic rings. The van der Waals surface area contributed by atoms with Crippen molar-refractivity contribution in [1.29, 1.82) is 0 Å². The summed E-state index contributed by atoms with van der Waals surface area (Å²) >= 11 is 1.29. The van der Waals surface area contributed by atoms with Crippen LogP contribution in [0, 0.1) is 6.92 Å². The largest absolute Gasteiger partial charge is 0.496 e. The number of nitrogens with zero attached hydrogens (tertiary/aromatic N) is 5. The fourth-order valence-corrected chi connectivity index (χ4v) is 5.27. The minimum atomic E-state index is -0.233. The number of hydrogen-bond donors (Lipinski definition) is 0. The fraction of sp³-hybridized carbons (Fsp3) is 0.103. The van der Waals surface area contributed by atoms with E-state index < -0.39 is 0 Å². The molecule has 0 N–H and O–H groups in total. The SMILES string of the molecule is COc1ccc(-c2nn(-c3ccccc3)cc2/C=c2\sc3nc(-c4ccccc4OC)nn3c2=O)cc1C. The van der Waals surface area contributed by atoms with Gasteiger partial charge in [0.05, 0.1) is 30.0 Å². The molecule has 0 saturated heterocycles. The average Bonchev–Trinajstić information content (AvgIpc) is 3.64. The molecule has 0 fully saturated rings. The van der Waals surface area contributed by atoms with Gasteiger partial charge in [-0.2, -0.15) is 14.6 Å². The van der Waals surface area contributed by atoms with Gasteiger partial charge in [-0.15, -0.1) is 5.10 Å². The Balaban J connectivity index is 1.49. The maximum atomic E-state index is 13.4. The molecule has 9 heteroatoms. The summed E-state index contributed by atoms with van der Waals surface area (Å²) in [5, 5.41) is 9.37. The average molecular weight is 522 g/mol. The lowest BCUT2D eigenvalue weighted by molar-refractivity contribution is 0.412. The molecular weight excluding hydrogens is 498 g/mol. The van der Waals surface area contributed by atoms with Crippen molar-refractivity contribution in [3.8, 4) is 39.8 Å². The summed E-state index contributed by atoms with van der Waals surface area (Å²) in [6, 6.07) is 23.3. The van der Waals surface area contributed by atoms with Crippen LogP contribution in [-0.4, -0.2) is 38.6 Å². The lowest BCUT2D eigenvalue weighted by Crippen LogP contribution is -2.23. The van der Waals surface area contributed by atoms with E-state index in [1.807, 2.05) is 96.7 Å². The molecule has 0 atom stereocenters. The predicted octanol–water partition coefficient (Wildman–Crippen LogP) is 4.54. The number of ether oxygens (including phenoxy) is 2. The maximum absolute atomic E-state index is 13.4. The summed E-state index contributed by atoms with van der Waals surface area (Å²) in [4.78, 5) is 18.5. The number of aryl methyl sites for hydroxylation is 1. The Morgan fingerprint density at radius 3 is 2.39 bits per heavy atom. The number of fused-ring (bicyclic) bond motifs is 1. The number of methoxy groups -OCH3 is 2. The van der Waals surface area contributed by atoms with Crippen LogP contribution in [0.5, 0.6) is 11.5 Å². The first-order chi connectivity index (χ1) is 18.6. The summed E-state index contributed by atoms with van der Waals surface area (Å²) in [6.07, 6.45) is 3.79. The van der Waals surface area contributed by atoms with Crippen molar-refractivity contribution >= 4 is 22.4 Å². The second-order valence-electron chi connectivity index (χ2n) is 8.64. The van der Waals surface area contributed by atoms with Crippen molar-refractivity contribution in [2.45, 2.75) is 6.92 Å². The Morgan fingerprint density at radius 1 is 0.895 bits per heavy atom. The number of benzene rings is 3. The highest BCUT2D eigenvalue weighted by molar-refractivity contribution is 7.15. The Morgan fingerprint density at radius 2 is 1.66 bits per heavy atom. The number of para-hydroxylation sites is 2. The Hall–Kier alpha value is -4.76. The minimum Gasteiger partial charge on any atom is -0.496 e. The molecule has 38 heavy (non-hydrogen) atoms. The number of rotatable bonds is 6. The molecule has 0 amide bonds. The standard InChI is InChI=1S/C29H23N5O3S/c1-18-15-19(13-14-23(18)36-2)26-20(17-33(31-26)21-9-5-4-6-10-21)16-25-28(35)34-29(38-25)30-27(32-34)22-11-7-8-12-24(22)37-3/h4-17H,1-3H3/b25-16-. The molecule has 0 aliphatic carbocycles. The van der Waals surface area contributed by atoms with Gasteiger partial charge in [0.1, 0.15) is 17.2 Å². The van der Waals surface area contributed by atoms with Gasteiger partial charge in [-0.1, -0.05) is 41.7 Å². The minimum absolute atomic E-state index is 0.233. The number of hydrogen-bond acceptors (Lipinski definition) is 7. The van der Waals surface area contributed by atoms with Gasteiger partial charge in [-0.05, 0) is 61.0 Å². The van der Waals surface area contributed by atoms with Crippen LogP contribution in [0.4, 0.5) is 0 Å². The smallest absolute Gasteiger partial charge is 0.291 e. The number of thiazole rings is 1. The molecular formula is C29H23N5O3S. The molecule has 0 bridgehead atoms. The highest BCUT2D eigenvalue weighted by Crippen LogP contribution is 2.30. The summed E-state index contributed by atoms with van der Waals surface area (Å²) < 4.78 is 14.6. The van der Waals surface area contributed by atoms with Crippen molar-refractivity contribution in [1.82, 2.24) is 24.4 Å². The third kappa shape index (κ3) is 4.12. The van der Waals surface area contributed by atoms with Crippen LogP contribution < -0.4 is 19.6 Å². The normalized spacial score (nSPS) is 11.8. The maximum Gasteiger partial charge on any atom is 0.291 e. The molecule has 8 nitrogen and oxygen atoms in total. The number of aromatic nitrogens is 5. The Kier molecular flexibility index (Phi) is 5.97. The van der Waals surface area contributed by atoms with Crippen LogP contribution in [0.2, 0.25) is 0 Å². The molecule has 3 aromatic carbocycles. The van der Waals surface area contributed by atoms with E-state index >= 15 is 0 Å².